The highest BCUT2D eigenvalue weighted by molar-refractivity contribution is 5.97. The molecule has 2 aromatic carbocycles. The Labute approximate surface area is 115 Å². The fraction of sp³-hybridized carbons (Fsp3) is 0. The maximum Gasteiger partial charge on any atom is 0.169 e. The Kier molecular flexibility index (Phi) is 3.01. The van der Waals surface area contributed by atoms with Crippen LogP contribution in [0.5, 0.6) is 5.75 Å². The molecule has 3 aromatic rings. The molecule has 1 aromatic heterocycles. The molecule has 0 saturated carbocycles. The van der Waals surface area contributed by atoms with Crippen LogP contribution in [0, 0.1) is 0 Å². The number of fused-ring (bicyclic) bond motifs is 1. The first-order chi connectivity index (χ1) is 9.75. The quantitative estimate of drug-likeness (QED) is 0.417. The molecule has 0 bridgehead atoms. The second-order valence-electron chi connectivity index (χ2n) is 4.27. The zero-order chi connectivity index (χ0) is 13.9. The zero-order valence-electron chi connectivity index (χ0n) is 10.6. The van der Waals surface area contributed by atoms with E-state index in [0.29, 0.717) is 28.0 Å². The lowest BCUT2D eigenvalue weighted by molar-refractivity contribution is 0.481. The van der Waals surface area contributed by atoms with Crippen molar-refractivity contribution < 1.29 is 5.11 Å². The van der Waals surface area contributed by atoms with Gasteiger partial charge in [0.15, 0.2) is 5.75 Å². The van der Waals surface area contributed by atoms with Crippen molar-refractivity contribution in [3.05, 3.63) is 54.7 Å². The van der Waals surface area contributed by atoms with Crippen molar-refractivity contribution in [2.45, 2.75) is 0 Å². The third-order valence-corrected chi connectivity index (χ3v) is 2.91. The Morgan fingerprint density at radius 1 is 1.00 bits per heavy atom. The van der Waals surface area contributed by atoms with Gasteiger partial charge in [0.05, 0.1) is 5.69 Å². The summed E-state index contributed by atoms with van der Waals surface area (Å²) in [5.41, 5.74) is 7.88. The molecule has 0 unspecified atom stereocenters. The minimum absolute atomic E-state index is 0.0190. The molecule has 0 radical (unpaired) electrons. The molecule has 3 rings (SSSR count). The van der Waals surface area contributed by atoms with Gasteiger partial charge in [-0.05, 0) is 30.3 Å². The summed E-state index contributed by atoms with van der Waals surface area (Å²) >= 11 is 0. The maximum absolute atomic E-state index is 10.2. The topological polar surface area (TPSA) is 83.9 Å². The normalized spacial score (nSPS) is 11.2. The zero-order valence-corrected chi connectivity index (χ0v) is 10.6. The number of aromatic hydroxyl groups is 1. The van der Waals surface area contributed by atoms with Crippen LogP contribution in [-0.4, -0.2) is 10.1 Å². The summed E-state index contributed by atoms with van der Waals surface area (Å²) < 4.78 is 0. The van der Waals surface area contributed by atoms with Crippen LogP contribution in [0.2, 0.25) is 0 Å². The molecular formula is C15H12N4O. The molecule has 5 heteroatoms. The van der Waals surface area contributed by atoms with Gasteiger partial charge < -0.3 is 10.8 Å². The van der Waals surface area contributed by atoms with Crippen molar-refractivity contribution in [3.63, 3.8) is 0 Å². The van der Waals surface area contributed by atoms with E-state index in [1.54, 1.807) is 24.4 Å². The number of anilines is 1. The van der Waals surface area contributed by atoms with Crippen LogP contribution >= 0.6 is 0 Å². The van der Waals surface area contributed by atoms with Crippen LogP contribution in [0.25, 0.3) is 10.9 Å². The molecule has 0 spiro atoms. The number of benzene rings is 2. The number of azo groups is 1. The van der Waals surface area contributed by atoms with Gasteiger partial charge in [0, 0.05) is 17.3 Å². The molecule has 0 aliphatic carbocycles. The fourth-order valence-corrected chi connectivity index (χ4v) is 1.92. The highest BCUT2D eigenvalue weighted by atomic mass is 16.3. The summed E-state index contributed by atoms with van der Waals surface area (Å²) in [6, 6.07) is 14.4. The van der Waals surface area contributed by atoms with E-state index in [0.717, 1.165) is 0 Å². The van der Waals surface area contributed by atoms with Gasteiger partial charge in [-0.25, -0.2) is 0 Å². The van der Waals surface area contributed by atoms with E-state index in [4.69, 9.17) is 5.73 Å². The molecule has 1 heterocycles. The SMILES string of the molecule is Nc1cc(N=Nc2ccccc2)c(O)c2ncccc12. The Morgan fingerprint density at radius 3 is 2.60 bits per heavy atom. The molecule has 0 aliphatic rings. The van der Waals surface area contributed by atoms with Gasteiger partial charge in [0.2, 0.25) is 0 Å². The summed E-state index contributed by atoms with van der Waals surface area (Å²) in [5.74, 6) is -0.0190. The summed E-state index contributed by atoms with van der Waals surface area (Å²) in [7, 11) is 0. The van der Waals surface area contributed by atoms with Crippen molar-refractivity contribution >= 4 is 28.0 Å². The Morgan fingerprint density at radius 2 is 1.80 bits per heavy atom. The first-order valence-corrected chi connectivity index (χ1v) is 6.08. The number of nitrogens with two attached hydrogens (primary N) is 1. The molecular weight excluding hydrogens is 252 g/mol. The van der Waals surface area contributed by atoms with Gasteiger partial charge in [0.1, 0.15) is 11.2 Å². The summed E-state index contributed by atoms with van der Waals surface area (Å²) in [5, 5.41) is 19.0. The van der Waals surface area contributed by atoms with E-state index < -0.39 is 0 Å². The van der Waals surface area contributed by atoms with Crippen LogP contribution in [0.4, 0.5) is 17.1 Å². The minimum atomic E-state index is -0.0190. The summed E-state index contributed by atoms with van der Waals surface area (Å²) in [4.78, 5) is 4.13. The molecule has 0 fully saturated rings. The maximum atomic E-state index is 10.2. The molecule has 0 saturated heterocycles. The van der Waals surface area contributed by atoms with E-state index in [1.165, 1.54) is 0 Å². The van der Waals surface area contributed by atoms with Gasteiger partial charge in [-0.1, -0.05) is 18.2 Å². The second kappa shape index (κ2) is 4.97. The number of phenols is 1. The molecule has 0 atom stereocenters. The van der Waals surface area contributed by atoms with Crippen LogP contribution in [-0.2, 0) is 0 Å². The molecule has 0 aliphatic heterocycles. The van der Waals surface area contributed by atoms with Crippen molar-refractivity contribution in [2.24, 2.45) is 10.2 Å². The lowest BCUT2D eigenvalue weighted by atomic mass is 10.1. The van der Waals surface area contributed by atoms with Crippen molar-refractivity contribution in [1.82, 2.24) is 4.98 Å². The third-order valence-electron chi connectivity index (χ3n) is 2.91. The summed E-state index contributed by atoms with van der Waals surface area (Å²) in [6.07, 6.45) is 1.60. The predicted molar refractivity (Wildman–Crippen MR) is 78.4 cm³/mol. The minimum Gasteiger partial charge on any atom is -0.504 e. The van der Waals surface area contributed by atoms with E-state index in [1.807, 2.05) is 30.3 Å². The number of hydrogen-bond acceptors (Lipinski definition) is 5. The van der Waals surface area contributed by atoms with Gasteiger partial charge in [-0.15, -0.1) is 5.11 Å². The molecule has 98 valence electrons. The number of nitrogen functional groups attached to an aromatic ring is 1. The standard InChI is InChI=1S/C15H12N4O/c16-12-9-13(19-18-10-5-2-1-3-6-10)15(20)14-11(12)7-4-8-17-14/h1-9,20H,16H2. The average Bonchev–Trinajstić information content (AvgIpc) is 2.50. The van der Waals surface area contributed by atoms with Crippen LogP contribution in [0.3, 0.4) is 0 Å². The van der Waals surface area contributed by atoms with Crippen LogP contribution < -0.4 is 5.73 Å². The van der Waals surface area contributed by atoms with Gasteiger partial charge in [-0.2, -0.15) is 5.11 Å². The van der Waals surface area contributed by atoms with E-state index >= 15 is 0 Å². The first-order valence-electron chi connectivity index (χ1n) is 6.08. The molecule has 3 N–H and O–H groups in total. The Balaban J connectivity index is 2.09. The molecule has 5 nitrogen and oxygen atoms in total. The van der Waals surface area contributed by atoms with E-state index in [2.05, 4.69) is 15.2 Å². The largest absolute Gasteiger partial charge is 0.504 e. The second-order valence-corrected chi connectivity index (χ2v) is 4.27. The smallest absolute Gasteiger partial charge is 0.169 e. The first kappa shape index (κ1) is 12.1. The van der Waals surface area contributed by atoms with Crippen molar-refractivity contribution in [3.8, 4) is 5.75 Å². The average molecular weight is 264 g/mol. The lowest BCUT2D eigenvalue weighted by Gasteiger charge is -2.05. The molecule has 0 amide bonds. The van der Waals surface area contributed by atoms with Crippen molar-refractivity contribution in [2.75, 3.05) is 5.73 Å². The monoisotopic (exact) mass is 264 g/mol. The summed E-state index contributed by atoms with van der Waals surface area (Å²) in [6.45, 7) is 0. The van der Waals surface area contributed by atoms with Crippen LogP contribution in [0.15, 0.2) is 65.0 Å². The molecule has 20 heavy (non-hydrogen) atoms. The predicted octanol–water partition coefficient (Wildman–Crippen LogP) is 3.94. The van der Waals surface area contributed by atoms with Gasteiger partial charge in [-0.3, -0.25) is 4.98 Å². The van der Waals surface area contributed by atoms with E-state index in [9.17, 15) is 5.11 Å². The number of hydrogen-bond donors (Lipinski definition) is 2. The van der Waals surface area contributed by atoms with Gasteiger partial charge in [0.25, 0.3) is 0 Å². The Bertz CT molecular complexity index is 784. The van der Waals surface area contributed by atoms with Crippen LogP contribution in [0.1, 0.15) is 0 Å². The number of rotatable bonds is 2. The highest BCUT2D eigenvalue weighted by Gasteiger charge is 2.10. The van der Waals surface area contributed by atoms with Crippen molar-refractivity contribution in [1.29, 1.82) is 0 Å². The number of aromatic nitrogens is 1. The highest BCUT2D eigenvalue weighted by Crippen LogP contribution is 2.37. The van der Waals surface area contributed by atoms with Gasteiger partial charge >= 0.3 is 0 Å². The number of phenolic OH excluding ortho intramolecular Hbond substituents is 1. The lowest BCUT2D eigenvalue weighted by Crippen LogP contribution is -1.89. The number of pyridine rings is 1. The Hall–Kier alpha value is -2.95. The fourth-order valence-electron chi connectivity index (χ4n) is 1.92. The number of nitrogens with zero attached hydrogens (tertiary/aromatic N) is 3. The van der Waals surface area contributed by atoms with E-state index in [-0.39, 0.29) is 5.75 Å². The third kappa shape index (κ3) is 2.16.